The molecule has 168 valence electrons. The van der Waals surface area contributed by atoms with E-state index in [0.717, 1.165) is 18.2 Å². The van der Waals surface area contributed by atoms with Gasteiger partial charge in [-0.2, -0.15) is 5.10 Å². The van der Waals surface area contributed by atoms with Crippen LogP contribution in [-0.4, -0.2) is 29.1 Å². The highest BCUT2D eigenvalue weighted by Crippen LogP contribution is 2.34. The maximum Gasteiger partial charge on any atom is 0.318 e. The molecule has 3 aromatic carbocycles. The molecule has 0 saturated carbocycles. The standard InChI is InChI=1S/C21H15BrN4O7/c1-32-19-8-4-14(22)10-17(19)21(27)24-23-12-13-2-6-16(7-3-13)33-20-9-5-15(25(28)29)11-18(20)26(30)31/h2-12H,1H3,(H,24,27)/b23-12-. The van der Waals surface area contributed by atoms with Gasteiger partial charge in [-0.25, -0.2) is 5.43 Å². The van der Waals surface area contributed by atoms with Crippen molar-refractivity contribution in [1.29, 1.82) is 0 Å². The van der Waals surface area contributed by atoms with Crippen molar-refractivity contribution in [2.75, 3.05) is 7.11 Å². The summed E-state index contributed by atoms with van der Waals surface area (Å²) in [5.74, 6) is 0.0665. The average molecular weight is 515 g/mol. The summed E-state index contributed by atoms with van der Waals surface area (Å²) < 4.78 is 11.4. The van der Waals surface area contributed by atoms with E-state index in [9.17, 15) is 25.0 Å². The molecule has 0 atom stereocenters. The molecule has 0 spiro atoms. The molecule has 0 fully saturated rings. The van der Waals surface area contributed by atoms with E-state index in [2.05, 4.69) is 26.5 Å². The minimum atomic E-state index is -0.758. The number of hydrogen-bond acceptors (Lipinski definition) is 8. The largest absolute Gasteiger partial charge is 0.496 e. The molecule has 0 aliphatic carbocycles. The number of amides is 1. The lowest BCUT2D eigenvalue weighted by Gasteiger charge is -2.07. The van der Waals surface area contributed by atoms with Crippen molar-refractivity contribution >= 4 is 39.4 Å². The smallest absolute Gasteiger partial charge is 0.318 e. The number of ether oxygens (including phenoxy) is 2. The van der Waals surface area contributed by atoms with E-state index in [4.69, 9.17) is 9.47 Å². The summed E-state index contributed by atoms with van der Waals surface area (Å²) >= 11 is 3.30. The van der Waals surface area contributed by atoms with Gasteiger partial charge in [-0.15, -0.1) is 0 Å². The fourth-order valence-electron chi connectivity index (χ4n) is 2.68. The number of nitro groups is 2. The summed E-state index contributed by atoms with van der Waals surface area (Å²) in [6, 6.07) is 14.4. The van der Waals surface area contributed by atoms with Crippen LogP contribution < -0.4 is 14.9 Å². The number of methoxy groups -OCH3 is 1. The summed E-state index contributed by atoms with van der Waals surface area (Å²) in [5.41, 5.74) is 2.38. The van der Waals surface area contributed by atoms with Gasteiger partial charge < -0.3 is 9.47 Å². The number of halogens is 1. The Bertz CT molecular complexity index is 1250. The van der Waals surface area contributed by atoms with E-state index < -0.39 is 27.1 Å². The highest BCUT2D eigenvalue weighted by Gasteiger charge is 2.21. The SMILES string of the molecule is COc1ccc(Br)cc1C(=O)N/N=C\c1ccc(Oc2ccc([N+](=O)[O-])cc2[N+](=O)[O-])cc1. The third-order valence-electron chi connectivity index (χ3n) is 4.24. The fraction of sp³-hybridized carbons (Fsp3) is 0.0476. The molecule has 1 N–H and O–H groups in total. The van der Waals surface area contributed by atoms with Crippen LogP contribution in [0.2, 0.25) is 0 Å². The van der Waals surface area contributed by atoms with E-state index in [1.165, 1.54) is 25.5 Å². The number of carbonyl (C=O) groups is 1. The molecule has 3 rings (SSSR count). The quantitative estimate of drug-likeness (QED) is 0.257. The molecule has 0 aliphatic rings. The third-order valence-corrected chi connectivity index (χ3v) is 4.74. The maximum atomic E-state index is 12.3. The van der Waals surface area contributed by atoms with E-state index >= 15 is 0 Å². The Labute approximate surface area is 195 Å². The Morgan fingerprint density at radius 2 is 1.70 bits per heavy atom. The Morgan fingerprint density at radius 3 is 2.33 bits per heavy atom. The number of hydrazone groups is 1. The van der Waals surface area contributed by atoms with Crippen molar-refractivity contribution in [3.8, 4) is 17.2 Å². The Balaban J connectivity index is 1.68. The van der Waals surface area contributed by atoms with Gasteiger partial charge in [-0.05, 0) is 54.1 Å². The van der Waals surface area contributed by atoms with Crippen LogP contribution in [0.1, 0.15) is 15.9 Å². The monoisotopic (exact) mass is 514 g/mol. The first-order valence-electron chi connectivity index (χ1n) is 9.16. The Hall–Kier alpha value is -4.32. The molecular weight excluding hydrogens is 500 g/mol. The van der Waals surface area contributed by atoms with Crippen molar-refractivity contribution in [3.05, 3.63) is 96.5 Å². The van der Waals surface area contributed by atoms with Crippen LogP contribution in [0.25, 0.3) is 0 Å². The predicted molar refractivity (Wildman–Crippen MR) is 122 cm³/mol. The van der Waals surface area contributed by atoms with E-state index in [-0.39, 0.29) is 11.5 Å². The highest BCUT2D eigenvalue weighted by atomic mass is 79.9. The van der Waals surface area contributed by atoms with Gasteiger partial charge in [0.05, 0.1) is 34.8 Å². The minimum Gasteiger partial charge on any atom is -0.496 e. The first-order chi connectivity index (χ1) is 15.8. The molecule has 0 aliphatic heterocycles. The molecule has 1 amide bonds. The fourth-order valence-corrected chi connectivity index (χ4v) is 3.04. The number of nitro benzene ring substituents is 2. The first kappa shape index (κ1) is 23.3. The third kappa shape index (κ3) is 5.89. The number of hydrogen-bond donors (Lipinski definition) is 1. The van der Waals surface area contributed by atoms with Crippen LogP contribution in [0.3, 0.4) is 0 Å². The molecule has 3 aromatic rings. The number of non-ortho nitro benzene ring substituents is 1. The lowest BCUT2D eigenvalue weighted by Crippen LogP contribution is -2.18. The lowest BCUT2D eigenvalue weighted by atomic mass is 10.2. The van der Waals surface area contributed by atoms with Gasteiger partial charge in [0, 0.05) is 10.5 Å². The topological polar surface area (TPSA) is 146 Å². The van der Waals surface area contributed by atoms with Crippen LogP contribution in [0, 0.1) is 20.2 Å². The van der Waals surface area contributed by atoms with Crippen LogP contribution >= 0.6 is 15.9 Å². The second-order valence-electron chi connectivity index (χ2n) is 6.38. The zero-order valence-corrected chi connectivity index (χ0v) is 18.5. The van der Waals surface area contributed by atoms with Crippen LogP contribution in [0.5, 0.6) is 17.2 Å². The molecule has 0 saturated heterocycles. The average Bonchev–Trinajstić information content (AvgIpc) is 2.80. The van der Waals surface area contributed by atoms with Gasteiger partial charge in [0.25, 0.3) is 11.6 Å². The first-order valence-corrected chi connectivity index (χ1v) is 9.95. The normalized spacial score (nSPS) is 10.6. The molecule has 0 aromatic heterocycles. The second-order valence-corrected chi connectivity index (χ2v) is 7.30. The zero-order valence-electron chi connectivity index (χ0n) is 16.9. The predicted octanol–water partition coefficient (Wildman–Crippen LogP) is 4.83. The van der Waals surface area contributed by atoms with Crippen molar-refractivity contribution in [2.24, 2.45) is 5.10 Å². The number of carbonyl (C=O) groups excluding carboxylic acids is 1. The molecule has 12 heteroatoms. The summed E-state index contributed by atoms with van der Waals surface area (Å²) in [6.07, 6.45) is 1.40. The molecule has 0 bridgehead atoms. The zero-order chi connectivity index (χ0) is 24.0. The number of rotatable bonds is 8. The van der Waals surface area contributed by atoms with E-state index in [1.54, 1.807) is 30.3 Å². The van der Waals surface area contributed by atoms with Crippen LogP contribution in [0.4, 0.5) is 11.4 Å². The summed E-state index contributed by atoms with van der Waals surface area (Å²) in [6.45, 7) is 0. The molecule has 33 heavy (non-hydrogen) atoms. The molecule has 0 heterocycles. The maximum absolute atomic E-state index is 12.3. The van der Waals surface area contributed by atoms with Gasteiger partial charge in [-0.1, -0.05) is 15.9 Å². The van der Waals surface area contributed by atoms with E-state index in [1.807, 2.05) is 0 Å². The number of nitrogens with one attached hydrogen (secondary N) is 1. The molecule has 11 nitrogen and oxygen atoms in total. The van der Waals surface area contributed by atoms with Crippen LogP contribution in [0.15, 0.2) is 70.2 Å². The Morgan fingerprint density at radius 1 is 1.00 bits per heavy atom. The van der Waals surface area contributed by atoms with Gasteiger partial charge in [0.2, 0.25) is 5.75 Å². The second kappa shape index (κ2) is 10.3. The molecule has 0 radical (unpaired) electrons. The van der Waals surface area contributed by atoms with Gasteiger partial charge >= 0.3 is 5.69 Å². The van der Waals surface area contributed by atoms with Gasteiger partial charge in [0.15, 0.2) is 0 Å². The van der Waals surface area contributed by atoms with Crippen molar-refractivity contribution in [1.82, 2.24) is 5.43 Å². The number of benzene rings is 3. The lowest BCUT2D eigenvalue weighted by molar-refractivity contribution is -0.394. The van der Waals surface area contributed by atoms with Gasteiger partial charge in [0.1, 0.15) is 11.5 Å². The van der Waals surface area contributed by atoms with Crippen molar-refractivity contribution < 1.29 is 24.1 Å². The number of nitrogens with zero attached hydrogens (tertiary/aromatic N) is 3. The summed E-state index contributed by atoms with van der Waals surface area (Å²) in [4.78, 5) is 32.9. The highest BCUT2D eigenvalue weighted by molar-refractivity contribution is 9.10. The van der Waals surface area contributed by atoms with Gasteiger partial charge in [-0.3, -0.25) is 25.0 Å². The van der Waals surface area contributed by atoms with Crippen LogP contribution in [-0.2, 0) is 0 Å². The van der Waals surface area contributed by atoms with E-state index in [0.29, 0.717) is 21.3 Å². The molecular formula is C21H15BrN4O7. The summed E-state index contributed by atoms with van der Waals surface area (Å²) in [7, 11) is 1.46. The van der Waals surface area contributed by atoms with Crippen molar-refractivity contribution in [2.45, 2.75) is 0 Å². The summed E-state index contributed by atoms with van der Waals surface area (Å²) in [5, 5.41) is 26.0. The minimum absolute atomic E-state index is 0.137. The molecule has 0 unspecified atom stereocenters. The van der Waals surface area contributed by atoms with Crippen molar-refractivity contribution in [3.63, 3.8) is 0 Å². The Kier molecular flexibility index (Phi) is 7.31.